The molecule has 0 amide bonds. The molecule has 0 atom stereocenters. The molecule has 21 heavy (non-hydrogen) atoms. The van der Waals surface area contributed by atoms with Crippen molar-refractivity contribution in [1.29, 1.82) is 0 Å². The second-order valence-corrected chi connectivity index (χ2v) is 6.58. The van der Waals surface area contributed by atoms with Crippen LogP contribution in [-0.2, 0) is 6.54 Å². The Hall–Kier alpha value is -1.22. The van der Waals surface area contributed by atoms with Gasteiger partial charge in [0.05, 0.1) is 13.7 Å². The third-order valence-corrected chi connectivity index (χ3v) is 3.68. The van der Waals surface area contributed by atoms with Crippen molar-refractivity contribution in [1.82, 2.24) is 5.32 Å². The Morgan fingerprint density at radius 1 is 1.10 bits per heavy atom. The van der Waals surface area contributed by atoms with Gasteiger partial charge in [-0.15, -0.1) is 0 Å². The number of rotatable bonds is 8. The summed E-state index contributed by atoms with van der Waals surface area (Å²) in [5, 5.41) is 3.49. The van der Waals surface area contributed by atoms with E-state index in [4.69, 9.17) is 9.47 Å². The highest BCUT2D eigenvalue weighted by Crippen LogP contribution is 2.29. The maximum Gasteiger partial charge on any atom is 0.161 e. The molecule has 0 aliphatic rings. The lowest BCUT2D eigenvalue weighted by Gasteiger charge is -2.21. The van der Waals surface area contributed by atoms with E-state index in [2.05, 4.69) is 52.1 Å². The molecule has 0 aromatic heterocycles. The number of benzene rings is 1. The van der Waals surface area contributed by atoms with E-state index < -0.39 is 0 Å². The van der Waals surface area contributed by atoms with Crippen LogP contribution in [0.2, 0.25) is 0 Å². The van der Waals surface area contributed by atoms with Gasteiger partial charge in [-0.05, 0) is 44.4 Å². The Kier molecular flexibility index (Phi) is 7.03. The molecule has 0 spiro atoms. The minimum absolute atomic E-state index is 0.108. The van der Waals surface area contributed by atoms with Gasteiger partial charge < -0.3 is 14.8 Å². The van der Waals surface area contributed by atoms with E-state index in [-0.39, 0.29) is 5.54 Å². The highest BCUT2D eigenvalue weighted by Gasteiger charge is 2.12. The molecule has 0 aliphatic heterocycles. The van der Waals surface area contributed by atoms with Crippen molar-refractivity contribution in [3.63, 3.8) is 0 Å². The molecule has 0 aliphatic carbocycles. The predicted molar refractivity (Wildman–Crippen MR) is 89.2 cm³/mol. The van der Waals surface area contributed by atoms with Gasteiger partial charge in [0, 0.05) is 12.1 Å². The van der Waals surface area contributed by atoms with Gasteiger partial charge in [-0.2, -0.15) is 0 Å². The summed E-state index contributed by atoms with van der Waals surface area (Å²) in [6.45, 7) is 12.5. The Morgan fingerprint density at radius 2 is 1.76 bits per heavy atom. The zero-order valence-electron chi connectivity index (χ0n) is 14.5. The van der Waals surface area contributed by atoms with Crippen molar-refractivity contribution in [2.24, 2.45) is 5.92 Å². The summed E-state index contributed by atoms with van der Waals surface area (Å²) in [4.78, 5) is 0. The molecule has 0 fully saturated rings. The van der Waals surface area contributed by atoms with Crippen LogP contribution in [0.25, 0.3) is 0 Å². The van der Waals surface area contributed by atoms with Crippen molar-refractivity contribution in [2.45, 2.75) is 59.5 Å². The lowest BCUT2D eigenvalue weighted by atomic mass is 10.1. The molecule has 120 valence electrons. The van der Waals surface area contributed by atoms with Crippen LogP contribution in [0.1, 0.15) is 53.0 Å². The summed E-state index contributed by atoms with van der Waals surface area (Å²) < 4.78 is 11.4. The number of hydrogen-bond acceptors (Lipinski definition) is 3. The molecule has 1 aromatic rings. The number of hydrogen-bond donors (Lipinski definition) is 1. The van der Waals surface area contributed by atoms with Crippen LogP contribution in [-0.4, -0.2) is 19.3 Å². The average Bonchev–Trinajstić information content (AvgIpc) is 2.45. The maximum atomic E-state index is 5.99. The molecule has 0 heterocycles. The van der Waals surface area contributed by atoms with E-state index in [9.17, 15) is 0 Å². The second-order valence-electron chi connectivity index (χ2n) is 6.58. The molecule has 1 aromatic carbocycles. The van der Waals surface area contributed by atoms with Crippen LogP contribution in [0.5, 0.6) is 11.5 Å². The third-order valence-electron chi connectivity index (χ3n) is 3.68. The Morgan fingerprint density at radius 3 is 2.29 bits per heavy atom. The first-order valence-electron chi connectivity index (χ1n) is 7.94. The van der Waals surface area contributed by atoms with Gasteiger partial charge in [-0.25, -0.2) is 0 Å². The molecular weight excluding hydrogens is 262 g/mol. The van der Waals surface area contributed by atoms with Crippen LogP contribution in [0.4, 0.5) is 0 Å². The van der Waals surface area contributed by atoms with Crippen molar-refractivity contribution < 1.29 is 9.47 Å². The standard InChI is InChI=1S/C18H31NO2/c1-7-14(8-2)13-21-17-11-15(9-10-16(17)20-6)12-19-18(3,4)5/h9-11,14,19H,7-8,12-13H2,1-6H3. The van der Waals surface area contributed by atoms with Gasteiger partial charge in [-0.3, -0.25) is 0 Å². The summed E-state index contributed by atoms with van der Waals surface area (Å²) in [5.74, 6) is 2.25. The van der Waals surface area contributed by atoms with Crippen LogP contribution in [0, 0.1) is 5.92 Å². The van der Waals surface area contributed by atoms with E-state index >= 15 is 0 Å². The van der Waals surface area contributed by atoms with E-state index in [0.29, 0.717) is 5.92 Å². The van der Waals surface area contributed by atoms with Crippen LogP contribution < -0.4 is 14.8 Å². The molecule has 1 rings (SSSR count). The fraction of sp³-hybridized carbons (Fsp3) is 0.667. The van der Waals surface area contributed by atoms with E-state index in [1.807, 2.05) is 6.07 Å². The molecule has 0 saturated heterocycles. The molecule has 0 bridgehead atoms. The van der Waals surface area contributed by atoms with Gasteiger partial charge in [0.2, 0.25) is 0 Å². The van der Waals surface area contributed by atoms with Gasteiger partial charge in [0.15, 0.2) is 11.5 Å². The Balaban J connectivity index is 2.75. The first-order valence-corrected chi connectivity index (χ1v) is 7.94. The monoisotopic (exact) mass is 293 g/mol. The van der Waals surface area contributed by atoms with Gasteiger partial charge in [0.25, 0.3) is 0 Å². The summed E-state index contributed by atoms with van der Waals surface area (Å²) >= 11 is 0. The predicted octanol–water partition coefficient (Wildman–Crippen LogP) is 4.40. The number of ether oxygens (including phenoxy) is 2. The Labute approximate surface area is 130 Å². The largest absolute Gasteiger partial charge is 0.493 e. The number of nitrogens with one attached hydrogen (secondary N) is 1. The average molecular weight is 293 g/mol. The normalized spacial score (nSPS) is 11.8. The van der Waals surface area contributed by atoms with E-state index in [1.54, 1.807) is 7.11 Å². The minimum Gasteiger partial charge on any atom is -0.493 e. The van der Waals surface area contributed by atoms with Crippen molar-refractivity contribution >= 4 is 0 Å². The summed E-state index contributed by atoms with van der Waals surface area (Å²) in [5.41, 5.74) is 1.32. The molecule has 0 saturated carbocycles. The molecular formula is C18H31NO2. The molecule has 3 heteroatoms. The fourth-order valence-corrected chi connectivity index (χ4v) is 2.04. The van der Waals surface area contributed by atoms with E-state index in [1.165, 1.54) is 5.56 Å². The van der Waals surface area contributed by atoms with Crippen molar-refractivity contribution in [2.75, 3.05) is 13.7 Å². The smallest absolute Gasteiger partial charge is 0.161 e. The fourth-order valence-electron chi connectivity index (χ4n) is 2.04. The van der Waals surface area contributed by atoms with Crippen molar-refractivity contribution in [3.8, 4) is 11.5 Å². The molecule has 0 unspecified atom stereocenters. The highest BCUT2D eigenvalue weighted by molar-refractivity contribution is 5.43. The van der Waals surface area contributed by atoms with E-state index in [0.717, 1.165) is 37.5 Å². The first kappa shape index (κ1) is 17.8. The van der Waals surface area contributed by atoms with Gasteiger partial charge >= 0.3 is 0 Å². The van der Waals surface area contributed by atoms with Crippen LogP contribution in [0.3, 0.4) is 0 Å². The lowest BCUT2D eigenvalue weighted by molar-refractivity contribution is 0.230. The summed E-state index contributed by atoms with van der Waals surface area (Å²) in [6.07, 6.45) is 2.29. The molecule has 3 nitrogen and oxygen atoms in total. The van der Waals surface area contributed by atoms with Gasteiger partial charge in [-0.1, -0.05) is 32.8 Å². The Bertz CT molecular complexity index is 420. The first-order chi connectivity index (χ1) is 9.89. The zero-order valence-corrected chi connectivity index (χ0v) is 14.5. The van der Waals surface area contributed by atoms with Crippen LogP contribution >= 0.6 is 0 Å². The van der Waals surface area contributed by atoms with Crippen LogP contribution in [0.15, 0.2) is 18.2 Å². The number of methoxy groups -OCH3 is 1. The lowest BCUT2D eigenvalue weighted by Crippen LogP contribution is -2.35. The van der Waals surface area contributed by atoms with Crippen molar-refractivity contribution in [3.05, 3.63) is 23.8 Å². The van der Waals surface area contributed by atoms with Gasteiger partial charge in [0.1, 0.15) is 0 Å². The second kappa shape index (κ2) is 8.28. The summed E-state index contributed by atoms with van der Waals surface area (Å²) in [7, 11) is 1.69. The topological polar surface area (TPSA) is 30.5 Å². The molecule has 1 N–H and O–H groups in total. The summed E-state index contributed by atoms with van der Waals surface area (Å²) in [6, 6.07) is 6.16. The quantitative estimate of drug-likeness (QED) is 0.770. The minimum atomic E-state index is 0.108. The highest BCUT2D eigenvalue weighted by atomic mass is 16.5. The molecule has 0 radical (unpaired) electrons. The SMILES string of the molecule is CCC(CC)COc1cc(CNC(C)(C)C)ccc1OC. The third kappa shape index (κ3) is 6.38. The zero-order chi connectivity index (χ0) is 15.9. The maximum absolute atomic E-state index is 5.99.